The quantitative estimate of drug-likeness (QED) is 0.818. The zero-order valence-electron chi connectivity index (χ0n) is 14.3. The lowest BCUT2D eigenvalue weighted by molar-refractivity contribution is -0.129. The third kappa shape index (κ3) is 5.80. The van der Waals surface area contributed by atoms with Gasteiger partial charge in [0, 0.05) is 37.1 Å². The summed E-state index contributed by atoms with van der Waals surface area (Å²) in [7, 11) is 1.59. The van der Waals surface area contributed by atoms with Gasteiger partial charge in [-0.3, -0.25) is 9.59 Å². The fourth-order valence-corrected chi connectivity index (χ4v) is 2.51. The minimum absolute atomic E-state index is 0.0998. The Labute approximate surface area is 152 Å². The maximum absolute atomic E-state index is 12.1. The molecule has 6 heteroatoms. The second kappa shape index (κ2) is 9.08. The standard InChI is InChI=1S/C19H21ClN2O3/c1-14(23)22(13-15-5-3-4-6-18(15)20)12-11-19(24)21-16-7-9-17(25-2)10-8-16/h3-10H,11-13H2,1-2H3,(H,21,24). The van der Waals surface area contributed by atoms with E-state index in [0.717, 1.165) is 11.3 Å². The van der Waals surface area contributed by atoms with Gasteiger partial charge < -0.3 is 15.0 Å². The number of anilines is 1. The van der Waals surface area contributed by atoms with E-state index in [2.05, 4.69) is 5.32 Å². The van der Waals surface area contributed by atoms with E-state index in [1.165, 1.54) is 6.92 Å². The van der Waals surface area contributed by atoms with Gasteiger partial charge in [-0.25, -0.2) is 0 Å². The second-order valence-electron chi connectivity index (χ2n) is 5.56. The highest BCUT2D eigenvalue weighted by Gasteiger charge is 2.13. The predicted octanol–water partition coefficient (Wildman–Crippen LogP) is 3.73. The Morgan fingerprint density at radius 3 is 2.40 bits per heavy atom. The number of nitrogens with one attached hydrogen (secondary N) is 1. The van der Waals surface area contributed by atoms with E-state index in [9.17, 15) is 9.59 Å². The number of rotatable bonds is 7. The molecule has 0 unspecified atom stereocenters. The summed E-state index contributed by atoms with van der Waals surface area (Å²) in [5.74, 6) is 0.466. The van der Waals surface area contributed by atoms with Crippen molar-refractivity contribution in [3.05, 3.63) is 59.1 Å². The summed E-state index contributed by atoms with van der Waals surface area (Å²) < 4.78 is 5.08. The highest BCUT2D eigenvalue weighted by atomic mass is 35.5. The highest BCUT2D eigenvalue weighted by molar-refractivity contribution is 6.31. The van der Waals surface area contributed by atoms with Crippen molar-refractivity contribution in [2.75, 3.05) is 19.0 Å². The third-order valence-corrected chi connectivity index (χ3v) is 4.12. The number of carbonyl (C=O) groups is 2. The molecule has 0 aliphatic carbocycles. The summed E-state index contributed by atoms with van der Waals surface area (Å²) in [5, 5.41) is 3.41. The molecule has 25 heavy (non-hydrogen) atoms. The van der Waals surface area contributed by atoms with Crippen LogP contribution in [-0.2, 0) is 16.1 Å². The largest absolute Gasteiger partial charge is 0.497 e. The molecule has 0 bridgehead atoms. The van der Waals surface area contributed by atoms with Crippen molar-refractivity contribution in [3.63, 3.8) is 0 Å². The Balaban J connectivity index is 1.90. The highest BCUT2D eigenvalue weighted by Crippen LogP contribution is 2.18. The molecular formula is C19H21ClN2O3. The van der Waals surface area contributed by atoms with Gasteiger partial charge in [0.05, 0.1) is 7.11 Å². The molecule has 132 valence electrons. The summed E-state index contributed by atoms with van der Waals surface area (Å²) in [6.45, 7) is 2.19. The molecule has 0 saturated heterocycles. The molecule has 1 N–H and O–H groups in total. The van der Waals surface area contributed by atoms with Crippen molar-refractivity contribution in [1.29, 1.82) is 0 Å². The minimum atomic E-state index is -0.157. The number of hydrogen-bond donors (Lipinski definition) is 1. The Kier molecular flexibility index (Phi) is 6.83. The van der Waals surface area contributed by atoms with Gasteiger partial charge in [-0.1, -0.05) is 29.8 Å². The SMILES string of the molecule is COc1ccc(NC(=O)CCN(Cc2ccccc2Cl)C(C)=O)cc1. The fraction of sp³-hybridized carbons (Fsp3) is 0.263. The average Bonchev–Trinajstić information content (AvgIpc) is 2.60. The maximum Gasteiger partial charge on any atom is 0.226 e. The van der Waals surface area contributed by atoms with E-state index in [0.29, 0.717) is 23.8 Å². The lowest BCUT2D eigenvalue weighted by atomic mass is 10.2. The molecule has 5 nitrogen and oxygen atoms in total. The molecular weight excluding hydrogens is 340 g/mol. The van der Waals surface area contributed by atoms with Crippen LogP contribution in [-0.4, -0.2) is 30.4 Å². The van der Waals surface area contributed by atoms with Gasteiger partial charge in [-0.2, -0.15) is 0 Å². The molecule has 0 aliphatic heterocycles. The smallest absolute Gasteiger partial charge is 0.226 e. The molecule has 0 spiro atoms. The predicted molar refractivity (Wildman–Crippen MR) is 98.8 cm³/mol. The Morgan fingerprint density at radius 2 is 1.80 bits per heavy atom. The zero-order valence-corrected chi connectivity index (χ0v) is 15.0. The molecule has 2 amide bonds. The van der Waals surface area contributed by atoms with Crippen LogP contribution in [0.15, 0.2) is 48.5 Å². The van der Waals surface area contributed by atoms with E-state index in [-0.39, 0.29) is 18.2 Å². The minimum Gasteiger partial charge on any atom is -0.497 e. The van der Waals surface area contributed by atoms with Crippen LogP contribution in [0.1, 0.15) is 18.9 Å². The second-order valence-corrected chi connectivity index (χ2v) is 5.97. The molecule has 0 radical (unpaired) electrons. The number of ether oxygens (including phenoxy) is 1. The lowest BCUT2D eigenvalue weighted by Crippen LogP contribution is -2.31. The number of carbonyl (C=O) groups excluding carboxylic acids is 2. The summed E-state index contributed by atoms with van der Waals surface area (Å²) in [4.78, 5) is 25.6. The van der Waals surface area contributed by atoms with Crippen molar-refractivity contribution in [2.24, 2.45) is 0 Å². The van der Waals surface area contributed by atoms with Gasteiger partial charge in [0.25, 0.3) is 0 Å². The number of halogens is 1. The van der Waals surface area contributed by atoms with Gasteiger partial charge in [0.1, 0.15) is 5.75 Å². The van der Waals surface area contributed by atoms with Gasteiger partial charge in [0.2, 0.25) is 11.8 Å². The summed E-state index contributed by atoms with van der Waals surface area (Å²) in [6, 6.07) is 14.4. The Bertz CT molecular complexity index is 732. The van der Waals surface area contributed by atoms with Crippen molar-refractivity contribution in [2.45, 2.75) is 19.9 Å². The van der Waals surface area contributed by atoms with Crippen LogP contribution in [0.5, 0.6) is 5.75 Å². The van der Waals surface area contributed by atoms with Crippen molar-refractivity contribution < 1.29 is 14.3 Å². The van der Waals surface area contributed by atoms with Crippen molar-refractivity contribution >= 4 is 29.1 Å². The molecule has 0 saturated carbocycles. The number of methoxy groups -OCH3 is 1. The Morgan fingerprint density at radius 1 is 1.12 bits per heavy atom. The van der Waals surface area contributed by atoms with Crippen LogP contribution in [0.2, 0.25) is 5.02 Å². The summed E-state index contributed by atoms with van der Waals surface area (Å²) >= 11 is 6.14. The van der Waals surface area contributed by atoms with E-state index in [1.807, 2.05) is 18.2 Å². The van der Waals surface area contributed by atoms with E-state index >= 15 is 0 Å². The van der Waals surface area contributed by atoms with Crippen LogP contribution < -0.4 is 10.1 Å². The lowest BCUT2D eigenvalue weighted by Gasteiger charge is -2.21. The van der Waals surface area contributed by atoms with Crippen LogP contribution in [0.3, 0.4) is 0 Å². The monoisotopic (exact) mass is 360 g/mol. The molecule has 0 aliphatic rings. The van der Waals surface area contributed by atoms with Gasteiger partial charge in [0.15, 0.2) is 0 Å². The molecule has 0 aromatic heterocycles. The first-order valence-electron chi connectivity index (χ1n) is 7.92. The maximum atomic E-state index is 12.1. The normalized spacial score (nSPS) is 10.2. The van der Waals surface area contributed by atoms with Gasteiger partial charge >= 0.3 is 0 Å². The summed E-state index contributed by atoms with van der Waals surface area (Å²) in [6.07, 6.45) is 0.204. The molecule has 2 aromatic carbocycles. The third-order valence-electron chi connectivity index (χ3n) is 3.75. The molecule has 0 fully saturated rings. The van der Waals surface area contributed by atoms with Crippen molar-refractivity contribution in [3.8, 4) is 5.75 Å². The van der Waals surface area contributed by atoms with E-state index in [1.54, 1.807) is 42.3 Å². The van der Waals surface area contributed by atoms with Crippen LogP contribution in [0.25, 0.3) is 0 Å². The first-order valence-corrected chi connectivity index (χ1v) is 8.30. The number of hydrogen-bond acceptors (Lipinski definition) is 3. The molecule has 2 rings (SSSR count). The topological polar surface area (TPSA) is 58.6 Å². The number of benzene rings is 2. The van der Waals surface area contributed by atoms with Crippen molar-refractivity contribution in [1.82, 2.24) is 4.90 Å². The first-order chi connectivity index (χ1) is 12.0. The molecule has 0 atom stereocenters. The number of amides is 2. The van der Waals surface area contributed by atoms with E-state index in [4.69, 9.17) is 16.3 Å². The zero-order chi connectivity index (χ0) is 18.2. The van der Waals surface area contributed by atoms with Gasteiger partial charge in [-0.05, 0) is 35.9 Å². The number of nitrogens with zero attached hydrogens (tertiary/aromatic N) is 1. The van der Waals surface area contributed by atoms with Crippen LogP contribution in [0, 0.1) is 0 Å². The summed E-state index contributed by atoms with van der Waals surface area (Å²) in [5.41, 5.74) is 1.54. The van der Waals surface area contributed by atoms with E-state index < -0.39 is 0 Å². The van der Waals surface area contributed by atoms with Crippen LogP contribution >= 0.6 is 11.6 Å². The Hall–Kier alpha value is -2.53. The first kappa shape index (κ1) is 18.8. The van der Waals surface area contributed by atoms with Gasteiger partial charge in [-0.15, -0.1) is 0 Å². The van der Waals surface area contributed by atoms with Crippen LogP contribution in [0.4, 0.5) is 5.69 Å². The molecule has 2 aromatic rings. The fourth-order valence-electron chi connectivity index (χ4n) is 2.31. The molecule has 0 heterocycles. The average molecular weight is 361 g/mol.